The maximum absolute atomic E-state index is 13.4. The Balaban J connectivity index is 1.93. The molecule has 1 amide bonds. The van der Waals surface area contributed by atoms with E-state index in [0.29, 0.717) is 0 Å². The molecule has 6 nitrogen and oxygen atoms in total. The Kier molecular flexibility index (Phi) is 4.85. The van der Waals surface area contributed by atoms with Crippen LogP contribution in [0.15, 0.2) is 48.9 Å². The summed E-state index contributed by atoms with van der Waals surface area (Å²) in [6.07, 6.45) is -0.163. The number of nitrogens with zero attached hydrogens (tertiary/aromatic N) is 3. The lowest BCUT2D eigenvalue weighted by molar-refractivity contribution is -0.137. The van der Waals surface area contributed by atoms with E-state index >= 15 is 0 Å². The molecule has 0 saturated carbocycles. The number of pyridine rings is 1. The van der Waals surface area contributed by atoms with Gasteiger partial charge in [-0.2, -0.15) is 23.8 Å². The quantitative estimate of drug-likeness (QED) is 0.708. The van der Waals surface area contributed by atoms with Gasteiger partial charge in [-0.25, -0.2) is 0 Å². The average molecular weight is 376 g/mol. The standard InChI is InChI=1S/C18H15F3N4O2/c1-11-8-14(18(19,20)21)13(15-5-7-25(2)23-15)9-16(11)27-24-17(26)12-4-3-6-22-10-12/h3-10H,1-2H3,(H,24,26). The second-order valence-corrected chi connectivity index (χ2v) is 5.81. The van der Waals surface area contributed by atoms with Crippen LogP contribution in [0.25, 0.3) is 11.3 Å². The molecule has 0 aliphatic rings. The first-order chi connectivity index (χ1) is 12.8. The van der Waals surface area contributed by atoms with Gasteiger partial charge in [0.15, 0.2) is 5.75 Å². The van der Waals surface area contributed by atoms with Crippen LogP contribution in [0.3, 0.4) is 0 Å². The number of hydrogen-bond donors (Lipinski definition) is 1. The third-order valence-electron chi connectivity index (χ3n) is 3.79. The highest BCUT2D eigenvalue weighted by atomic mass is 19.4. The predicted octanol–water partition coefficient (Wildman–Crippen LogP) is 3.53. The highest BCUT2D eigenvalue weighted by Gasteiger charge is 2.35. The smallest absolute Gasteiger partial charge is 0.379 e. The minimum absolute atomic E-state index is 0.0842. The van der Waals surface area contributed by atoms with Gasteiger partial charge >= 0.3 is 6.18 Å². The maximum atomic E-state index is 13.4. The molecule has 0 fully saturated rings. The Morgan fingerprint density at radius 2 is 2.04 bits per heavy atom. The summed E-state index contributed by atoms with van der Waals surface area (Å²) in [6.45, 7) is 1.46. The van der Waals surface area contributed by atoms with Crippen molar-refractivity contribution in [1.82, 2.24) is 20.2 Å². The van der Waals surface area contributed by atoms with E-state index in [-0.39, 0.29) is 28.1 Å². The molecule has 0 saturated heterocycles. The first kappa shape index (κ1) is 18.4. The topological polar surface area (TPSA) is 69.0 Å². The second kappa shape index (κ2) is 7.10. The number of aromatic nitrogens is 3. The van der Waals surface area contributed by atoms with Crippen LogP contribution >= 0.6 is 0 Å². The fraction of sp³-hybridized carbons (Fsp3) is 0.167. The van der Waals surface area contributed by atoms with Crippen molar-refractivity contribution in [3.63, 3.8) is 0 Å². The largest absolute Gasteiger partial charge is 0.417 e. The van der Waals surface area contributed by atoms with Gasteiger partial charge in [0.25, 0.3) is 5.91 Å². The van der Waals surface area contributed by atoms with Gasteiger partial charge in [-0.3, -0.25) is 14.5 Å². The van der Waals surface area contributed by atoms with Crippen molar-refractivity contribution in [1.29, 1.82) is 0 Å². The highest BCUT2D eigenvalue weighted by molar-refractivity contribution is 5.93. The van der Waals surface area contributed by atoms with Gasteiger partial charge in [-0.1, -0.05) is 0 Å². The summed E-state index contributed by atoms with van der Waals surface area (Å²) in [7, 11) is 1.61. The van der Waals surface area contributed by atoms with E-state index < -0.39 is 17.6 Å². The average Bonchev–Trinajstić information content (AvgIpc) is 3.06. The SMILES string of the molecule is Cc1cc(C(F)(F)F)c(-c2ccn(C)n2)cc1ONC(=O)c1cccnc1. The number of nitrogens with one attached hydrogen (secondary N) is 1. The number of benzene rings is 1. The van der Waals surface area contributed by atoms with Crippen LogP contribution < -0.4 is 10.3 Å². The van der Waals surface area contributed by atoms with E-state index in [1.807, 2.05) is 0 Å². The number of carbonyl (C=O) groups excluding carboxylic acids is 1. The van der Waals surface area contributed by atoms with Crippen molar-refractivity contribution >= 4 is 5.91 Å². The minimum atomic E-state index is -4.56. The number of aryl methyl sites for hydroxylation is 2. The molecule has 3 aromatic rings. The molecule has 1 aromatic carbocycles. The lowest BCUT2D eigenvalue weighted by Crippen LogP contribution is -2.27. The van der Waals surface area contributed by atoms with Crippen molar-refractivity contribution in [3.8, 4) is 17.0 Å². The summed E-state index contributed by atoms with van der Waals surface area (Å²) >= 11 is 0. The normalized spacial score (nSPS) is 11.3. The third-order valence-corrected chi connectivity index (χ3v) is 3.79. The highest BCUT2D eigenvalue weighted by Crippen LogP contribution is 2.39. The molecule has 3 rings (SSSR count). The monoisotopic (exact) mass is 376 g/mol. The Morgan fingerprint density at radius 1 is 1.26 bits per heavy atom. The van der Waals surface area contributed by atoms with Crippen LogP contribution in [-0.4, -0.2) is 20.7 Å². The van der Waals surface area contributed by atoms with Gasteiger partial charge in [-0.15, -0.1) is 0 Å². The molecule has 9 heteroatoms. The van der Waals surface area contributed by atoms with E-state index in [4.69, 9.17) is 4.84 Å². The summed E-state index contributed by atoms with van der Waals surface area (Å²) in [5, 5.41) is 4.03. The number of hydroxylamine groups is 1. The van der Waals surface area contributed by atoms with Crippen molar-refractivity contribution in [2.45, 2.75) is 13.1 Å². The molecule has 0 bridgehead atoms. The zero-order chi connectivity index (χ0) is 19.6. The van der Waals surface area contributed by atoms with Crippen LogP contribution in [-0.2, 0) is 13.2 Å². The molecule has 0 atom stereocenters. The molecular weight excluding hydrogens is 361 g/mol. The molecule has 2 aromatic heterocycles. The minimum Gasteiger partial charge on any atom is -0.379 e. The fourth-order valence-corrected chi connectivity index (χ4v) is 2.46. The third kappa shape index (κ3) is 4.08. The van der Waals surface area contributed by atoms with Gasteiger partial charge in [0.1, 0.15) is 0 Å². The van der Waals surface area contributed by atoms with Crippen molar-refractivity contribution in [3.05, 3.63) is 65.6 Å². The molecule has 2 heterocycles. The van der Waals surface area contributed by atoms with Gasteiger partial charge in [0.05, 0.1) is 16.8 Å². The summed E-state index contributed by atoms with van der Waals surface area (Å²) in [6, 6.07) is 6.76. The molecule has 140 valence electrons. The van der Waals surface area contributed by atoms with Gasteiger partial charge < -0.3 is 4.84 Å². The van der Waals surface area contributed by atoms with E-state index in [9.17, 15) is 18.0 Å². The van der Waals surface area contributed by atoms with Crippen molar-refractivity contribution in [2.75, 3.05) is 0 Å². The number of halogens is 3. The molecule has 0 aliphatic heterocycles. The van der Waals surface area contributed by atoms with Crippen LogP contribution in [0.2, 0.25) is 0 Å². The van der Waals surface area contributed by atoms with Crippen LogP contribution in [0.5, 0.6) is 5.75 Å². The van der Waals surface area contributed by atoms with Gasteiger partial charge in [0, 0.05) is 31.2 Å². The molecule has 0 radical (unpaired) electrons. The summed E-state index contributed by atoms with van der Waals surface area (Å²) in [4.78, 5) is 21.1. The summed E-state index contributed by atoms with van der Waals surface area (Å²) in [5.41, 5.74) is 1.86. The molecular formula is C18H15F3N4O2. The Hall–Kier alpha value is -3.36. The van der Waals surface area contributed by atoms with Crippen LogP contribution in [0.4, 0.5) is 13.2 Å². The molecule has 27 heavy (non-hydrogen) atoms. The first-order valence-electron chi connectivity index (χ1n) is 7.85. The molecule has 0 spiro atoms. The van der Waals surface area contributed by atoms with E-state index in [0.717, 1.165) is 6.07 Å². The number of hydrogen-bond acceptors (Lipinski definition) is 4. The number of rotatable bonds is 4. The molecule has 0 aliphatic carbocycles. The van der Waals surface area contributed by atoms with Crippen molar-refractivity contribution in [2.24, 2.45) is 7.05 Å². The fourth-order valence-electron chi connectivity index (χ4n) is 2.46. The first-order valence-corrected chi connectivity index (χ1v) is 7.85. The number of amides is 1. The van der Waals surface area contributed by atoms with Gasteiger partial charge in [-0.05, 0) is 42.8 Å². The van der Waals surface area contributed by atoms with E-state index in [2.05, 4.69) is 15.6 Å². The van der Waals surface area contributed by atoms with Crippen molar-refractivity contribution < 1.29 is 22.8 Å². The van der Waals surface area contributed by atoms with Crippen LogP contribution in [0, 0.1) is 6.92 Å². The Labute approximate surface area is 152 Å². The number of alkyl halides is 3. The van der Waals surface area contributed by atoms with Crippen LogP contribution in [0.1, 0.15) is 21.5 Å². The Morgan fingerprint density at radius 3 is 2.63 bits per heavy atom. The Bertz CT molecular complexity index is 968. The maximum Gasteiger partial charge on any atom is 0.417 e. The molecule has 0 unspecified atom stereocenters. The van der Waals surface area contributed by atoms with E-state index in [1.165, 1.54) is 42.2 Å². The number of carbonyl (C=O) groups is 1. The van der Waals surface area contributed by atoms with Gasteiger partial charge in [0.2, 0.25) is 0 Å². The summed E-state index contributed by atoms with van der Waals surface area (Å²) < 4.78 is 41.7. The zero-order valence-electron chi connectivity index (χ0n) is 14.4. The summed E-state index contributed by atoms with van der Waals surface area (Å²) in [5.74, 6) is -0.484. The lowest BCUT2D eigenvalue weighted by atomic mass is 10.0. The molecule has 1 N–H and O–H groups in total. The zero-order valence-corrected chi connectivity index (χ0v) is 14.4. The van der Waals surface area contributed by atoms with E-state index in [1.54, 1.807) is 19.3 Å². The second-order valence-electron chi connectivity index (χ2n) is 5.81. The predicted molar refractivity (Wildman–Crippen MR) is 90.7 cm³/mol. The lowest BCUT2D eigenvalue weighted by Gasteiger charge is -2.16.